The van der Waals surface area contributed by atoms with Gasteiger partial charge in [0.25, 0.3) is 0 Å². The molecule has 1 aromatic heterocycles. The van der Waals surface area contributed by atoms with E-state index in [1.54, 1.807) is 6.08 Å². The molecular weight excluding hydrogens is 200 g/mol. The molecule has 0 aliphatic heterocycles. The minimum atomic E-state index is 0.478. The highest BCUT2D eigenvalue weighted by molar-refractivity contribution is 5.24. The van der Waals surface area contributed by atoms with Crippen molar-refractivity contribution < 1.29 is 4.74 Å². The third kappa shape index (κ3) is 4.45. The lowest BCUT2D eigenvalue weighted by molar-refractivity contribution is 0.347. The molecule has 0 aromatic carbocycles. The standard InChI is InChI=1S/C13H20N2O/c1-5-6-16-13-8-12(7-11(4)15-13)9-14-10(2)3/h5,7-8,10,14H,1,6,9H2,2-4H3. The smallest absolute Gasteiger partial charge is 0.214 e. The molecule has 88 valence electrons. The van der Waals surface area contributed by atoms with Gasteiger partial charge in [-0.25, -0.2) is 4.98 Å². The lowest BCUT2D eigenvalue weighted by Gasteiger charge is -2.10. The van der Waals surface area contributed by atoms with Crippen molar-refractivity contribution in [2.24, 2.45) is 0 Å². The summed E-state index contributed by atoms with van der Waals surface area (Å²) in [6.45, 7) is 11.2. The molecule has 0 aliphatic carbocycles. The summed E-state index contributed by atoms with van der Waals surface area (Å²) in [6.07, 6.45) is 1.72. The lowest BCUT2D eigenvalue weighted by atomic mass is 10.2. The number of nitrogens with one attached hydrogen (secondary N) is 1. The van der Waals surface area contributed by atoms with Crippen LogP contribution in [0.5, 0.6) is 5.88 Å². The van der Waals surface area contributed by atoms with Gasteiger partial charge in [0.15, 0.2) is 0 Å². The molecule has 0 aliphatic rings. The monoisotopic (exact) mass is 220 g/mol. The fraction of sp³-hybridized carbons (Fsp3) is 0.462. The molecule has 1 heterocycles. The Morgan fingerprint density at radius 3 is 2.88 bits per heavy atom. The molecule has 0 unspecified atom stereocenters. The Balaban J connectivity index is 2.69. The van der Waals surface area contributed by atoms with Gasteiger partial charge in [-0.3, -0.25) is 0 Å². The molecule has 16 heavy (non-hydrogen) atoms. The zero-order valence-corrected chi connectivity index (χ0v) is 10.3. The molecule has 0 fully saturated rings. The van der Waals surface area contributed by atoms with E-state index in [2.05, 4.69) is 36.8 Å². The van der Waals surface area contributed by atoms with Crippen molar-refractivity contribution in [1.82, 2.24) is 10.3 Å². The Kier molecular flexibility index (Phi) is 4.99. The minimum Gasteiger partial charge on any atom is -0.473 e. The molecular formula is C13H20N2O. The fourth-order valence-corrected chi connectivity index (χ4v) is 1.35. The third-order valence-corrected chi connectivity index (χ3v) is 2.05. The molecule has 0 radical (unpaired) electrons. The van der Waals surface area contributed by atoms with Gasteiger partial charge in [0.2, 0.25) is 5.88 Å². The maximum absolute atomic E-state index is 5.43. The summed E-state index contributed by atoms with van der Waals surface area (Å²) in [6, 6.07) is 4.51. The summed E-state index contributed by atoms with van der Waals surface area (Å²) in [5.41, 5.74) is 2.17. The molecule has 0 bridgehead atoms. The van der Waals surface area contributed by atoms with E-state index < -0.39 is 0 Å². The van der Waals surface area contributed by atoms with Crippen LogP contribution in [0.15, 0.2) is 24.8 Å². The largest absolute Gasteiger partial charge is 0.473 e. The molecule has 0 spiro atoms. The summed E-state index contributed by atoms with van der Waals surface area (Å²) in [5.74, 6) is 0.667. The van der Waals surface area contributed by atoms with Gasteiger partial charge < -0.3 is 10.1 Å². The summed E-state index contributed by atoms with van der Waals surface area (Å²) < 4.78 is 5.43. The quantitative estimate of drug-likeness (QED) is 0.748. The first-order valence-electron chi connectivity index (χ1n) is 5.56. The van der Waals surface area contributed by atoms with Gasteiger partial charge in [-0.15, -0.1) is 0 Å². The van der Waals surface area contributed by atoms with E-state index in [1.165, 1.54) is 5.56 Å². The maximum atomic E-state index is 5.43. The first-order valence-corrected chi connectivity index (χ1v) is 5.56. The second-order valence-corrected chi connectivity index (χ2v) is 4.09. The van der Waals surface area contributed by atoms with E-state index in [0.29, 0.717) is 18.5 Å². The molecule has 3 heteroatoms. The van der Waals surface area contributed by atoms with Gasteiger partial charge in [0.1, 0.15) is 6.61 Å². The summed E-state index contributed by atoms with van der Waals surface area (Å²) >= 11 is 0. The highest BCUT2D eigenvalue weighted by Crippen LogP contribution is 2.12. The average molecular weight is 220 g/mol. The van der Waals surface area contributed by atoms with Crippen LogP contribution in [0.1, 0.15) is 25.1 Å². The minimum absolute atomic E-state index is 0.478. The van der Waals surface area contributed by atoms with E-state index in [9.17, 15) is 0 Å². The van der Waals surface area contributed by atoms with Crippen LogP contribution in [-0.2, 0) is 6.54 Å². The zero-order valence-electron chi connectivity index (χ0n) is 10.3. The van der Waals surface area contributed by atoms with Gasteiger partial charge in [0.05, 0.1) is 0 Å². The fourth-order valence-electron chi connectivity index (χ4n) is 1.35. The Hall–Kier alpha value is -1.35. The van der Waals surface area contributed by atoms with Crippen LogP contribution in [0, 0.1) is 6.92 Å². The number of hydrogen-bond acceptors (Lipinski definition) is 3. The molecule has 1 N–H and O–H groups in total. The molecule has 0 saturated heterocycles. The zero-order chi connectivity index (χ0) is 12.0. The molecule has 1 aromatic rings. The van der Waals surface area contributed by atoms with Crippen molar-refractivity contribution in [2.75, 3.05) is 6.61 Å². The number of hydrogen-bond donors (Lipinski definition) is 1. The van der Waals surface area contributed by atoms with E-state index in [1.807, 2.05) is 13.0 Å². The van der Waals surface area contributed by atoms with Crippen LogP contribution >= 0.6 is 0 Å². The van der Waals surface area contributed by atoms with Crippen molar-refractivity contribution in [3.63, 3.8) is 0 Å². The van der Waals surface area contributed by atoms with Crippen molar-refractivity contribution in [1.29, 1.82) is 0 Å². The van der Waals surface area contributed by atoms with Crippen LogP contribution < -0.4 is 10.1 Å². The highest BCUT2D eigenvalue weighted by atomic mass is 16.5. The number of rotatable bonds is 6. The van der Waals surface area contributed by atoms with Crippen molar-refractivity contribution >= 4 is 0 Å². The maximum Gasteiger partial charge on any atom is 0.214 e. The third-order valence-electron chi connectivity index (χ3n) is 2.05. The van der Waals surface area contributed by atoms with Gasteiger partial charge in [-0.05, 0) is 18.6 Å². The van der Waals surface area contributed by atoms with Gasteiger partial charge in [0, 0.05) is 24.3 Å². The Morgan fingerprint density at radius 2 is 2.25 bits per heavy atom. The van der Waals surface area contributed by atoms with Crippen molar-refractivity contribution in [3.8, 4) is 5.88 Å². The summed E-state index contributed by atoms with van der Waals surface area (Å²) in [5, 5.41) is 3.37. The molecule has 0 saturated carbocycles. The number of pyridine rings is 1. The second-order valence-electron chi connectivity index (χ2n) is 4.09. The number of nitrogens with zero attached hydrogens (tertiary/aromatic N) is 1. The highest BCUT2D eigenvalue weighted by Gasteiger charge is 2.01. The lowest BCUT2D eigenvalue weighted by Crippen LogP contribution is -2.21. The summed E-state index contributed by atoms with van der Waals surface area (Å²) in [7, 11) is 0. The van der Waals surface area contributed by atoms with E-state index >= 15 is 0 Å². The van der Waals surface area contributed by atoms with Crippen LogP contribution in [-0.4, -0.2) is 17.6 Å². The predicted molar refractivity (Wildman–Crippen MR) is 66.6 cm³/mol. The van der Waals surface area contributed by atoms with Crippen molar-refractivity contribution in [2.45, 2.75) is 33.4 Å². The van der Waals surface area contributed by atoms with Crippen molar-refractivity contribution in [3.05, 3.63) is 36.0 Å². The topological polar surface area (TPSA) is 34.1 Å². The van der Waals surface area contributed by atoms with E-state index in [0.717, 1.165) is 12.2 Å². The first kappa shape index (κ1) is 12.7. The van der Waals surface area contributed by atoms with Gasteiger partial charge in [-0.2, -0.15) is 0 Å². The second kappa shape index (κ2) is 6.28. The van der Waals surface area contributed by atoms with Gasteiger partial charge in [-0.1, -0.05) is 26.5 Å². The van der Waals surface area contributed by atoms with Crippen LogP contribution in [0.2, 0.25) is 0 Å². The number of aromatic nitrogens is 1. The summed E-state index contributed by atoms with van der Waals surface area (Å²) in [4.78, 5) is 4.30. The molecule has 1 rings (SSSR count). The van der Waals surface area contributed by atoms with Crippen LogP contribution in [0.4, 0.5) is 0 Å². The predicted octanol–water partition coefficient (Wildman–Crippen LogP) is 2.45. The molecule has 0 amide bonds. The van der Waals surface area contributed by atoms with Crippen LogP contribution in [0.25, 0.3) is 0 Å². The number of aryl methyl sites for hydroxylation is 1. The van der Waals surface area contributed by atoms with Crippen LogP contribution in [0.3, 0.4) is 0 Å². The Morgan fingerprint density at radius 1 is 1.50 bits per heavy atom. The Bertz CT molecular complexity index is 348. The molecule has 0 atom stereocenters. The SMILES string of the molecule is C=CCOc1cc(CNC(C)C)cc(C)n1. The Labute approximate surface area is 97.5 Å². The normalized spacial score (nSPS) is 10.5. The number of ether oxygens (including phenoxy) is 1. The van der Waals surface area contributed by atoms with E-state index in [4.69, 9.17) is 4.74 Å². The molecule has 3 nitrogen and oxygen atoms in total. The van der Waals surface area contributed by atoms with E-state index in [-0.39, 0.29) is 0 Å². The van der Waals surface area contributed by atoms with Gasteiger partial charge >= 0.3 is 0 Å². The first-order chi connectivity index (χ1) is 7.61. The average Bonchev–Trinajstić information content (AvgIpc) is 2.23.